The van der Waals surface area contributed by atoms with E-state index in [0.29, 0.717) is 5.82 Å². The topological polar surface area (TPSA) is 112 Å². The molecule has 142 valence electrons. The molecule has 2 heterocycles. The molecule has 0 spiro atoms. The highest BCUT2D eigenvalue weighted by atomic mass is 32.2. The number of benzene rings is 1. The summed E-state index contributed by atoms with van der Waals surface area (Å²) in [6, 6.07) is 5.30. The van der Waals surface area contributed by atoms with Gasteiger partial charge < -0.3 is 0 Å². The second-order valence-electron chi connectivity index (χ2n) is 5.48. The molecule has 0 aliphatic heterocycles. The van der Waals surface area contributed by atoms with Crippen LogP contribution >= 0.6 is 0 Å². The Morgan fingerprint density at radius 1 is 1.15 bits per heavy atom. The molecule has 0 saturated carbocycles. The van der Waals surface area contributed by atoms with Crippen LogP contribution in [-0.2, 0) is 22.3 Å². The van der Waals surface area contributed by atoms with Crippen LogP contribution in [0.15, 0.2) is 47.8 Å². The molecule has 1 aromatic carbocycles. The monoisotopic (exact) mass is 396 g/mol. The number of sulfonamides is 1. The first kappa shape index (κ1) is 18.8. The third kappa shape index (κ3) is 4.80. The van der Waals surface area contributed by atoms with Gasteiger partial charge in [-0.15, -0.1) is 5.10 Å². The maximum absolute atomic E-state index is 13.6. The van der Waals surface area contributed by atoms with Crippen molar-refractivity contribution in [2.75, 3.05) is 6.54 Å². The molecule has 0 saturated heterocycles. The molecule has 0 bridgehead atoms. The molecule has 0 fully saturated rings. The van der Waals surface area contributed by atoms with Crippen molar-refractivity contribution in [3.05, 3.63) is 70.5 Å². The van der Waals surface area contributed by atoms with Gasteiger partial charge in [0.1, 0.15) is 24.3 Å². The summed E-state index contributed by atoms with van der Waals surface area (Å²) in [4.78, 5) is 15.6. The van der Waals surface area contributed by atoms with Gasteiger partial charge in [0.2, 0.25) is 10.0 Å². The van der Waals surface area contributed by atoms with Crippen molar-refractivity contribution in [2.24, 2.45) is 0 Å². The molecule has 9 nitrogen and oxygen atoms in total. The van der Waals surface area contributed by atoms with E-state index in [1.807, 2.05) is 0 Å². The lowest BCUT2D eigenvalue weighted by atomic mass is 10.2. The fraction of sp³-hybridized carbons (Fsp3) is 0.200. The minimum Gasteiger partial charge on any atom is -0.268 e. The summed E-state index contributed by atoms with van der Waals surface area (Å²) in [6.07, 6.45) is 2.70. The normalized spacial score (nSPS) is 11.6. The van der Waals surface area contributed by atoms with Crippen LogP contribution < -0.4 is 10.3 Å². The maximum Gasteiger partial charge on any atom is 0.266 e. The molecule has 0 aliphatic rings. The number of nitrogens with one attached hydrogen (secondary N) is 1. The molecule has 3 aromatic rings. The fourth-order valence-electron chi connectivity index (χ4n) is 2.26. The van der Waals surface area contributed by atoms with Gasteiger partial charge in [0.25, 0.3) is 5.56 Å². The van der Waals surface area contributed by atoms with E-state index in [1.165, 1.54) is 29.5 Å². The van der Waals surface area contributed by atoms with E-state index in [9.17, 15) is 22.0 Å². The maximum atomic E-state index is 13.6. The third-order valence-corrected chi connectivity index (χ3v) is 4.84. The van der Waals surface area contributed by atoms with E-state index in [0.717, 1.165) is 22.9 Å². The smallest absolute Gasteiger partial charge is 0.266 e. The Bertz CT molecular complexity index is 1100. The molecular formula is C15H14F2N6O3S. The summed E-state index contributed by atoms with van der Waals surface area (Å²) >= 11 is 0. The van der Waals surface area contributed by atoms with Gasteiger partial charge in [-0.05, 0) is 24.3 Å². The second-order valence-corrected chi connectivity index (χ2v) is 7.29. The number of aromatic nitrogens is 5. The van der Waals surface area contributed by atoms with Gasteiger partial charge in [0.15, 0.2) is 5.82 Å². The number of nitrogens with zero attached hydrogens (tertiary/aromatic N) is 5. The van der Waals surface area contributed by atoms with Gasteiger partial charge in [0.05, 0.1) is 12.3 Å². The standard InChI is InChI=1S/C15H14F2N6O3S/c16-12-1-2-13(17)11(7-12)8-27(25,26)20-5-6-22-15(24)4-3-14(21-22)23-10-18-9-19-23/h1-4,7,9-10,20H,5-6,8H2. The molecule has 12 heteroatoms. The van der Waals surface area contributed by atoms with Crippen molar-refractivity contribution in [1.82, 2.24) is 29.3 Å². The first-order valence-electron chi connectivity index (χ1n) is 7.68. The van der Waals surface area contributed by atoms with Gasteiger partial charge in [-0.2, -0.15) is 5.10 Å². The zero-order chi connectivity index (χ0) is 19.4. The average molecular weight is 396 g/mol. The molecule has 2 aromatic heterocycles. The summed E-state index contributed by atoms with van der Waals surface area (Å²) in [7, 11) is -3.94. The summed E-state index contributed by atoms with van der Waals surface area (Å²) in [6.45, 7) is -0.223. The molecular weight excluding hydrogens is 382 g/mol. The quantitative estimate of drug-likeness (QED) is 0.612. The van der Waals surface area contributed by atoms with Gasteiger partial charge in [-0.1, -0.05) is 0 Å². The van der Waals surface area contributed by atoms with Crippen LogP contribution in [0.3, 0.4) is 0 Å². The Labute approximate surface area is 152 Å². The first-order chi connectivity index (χ1) is 12.8. The Morgan fingerprint density at radius 2 is 1.96 bits per heavy atom. The van der Waals surface area contributed by atoms with E-state index in [-0.39, 0.29) is 18.7 Å². The summed E-state index contributed by atoms with van der Waals surface area (Å²) in [5.74, 6) is -1.95. The highest BCUT2D eigenvalue weighted by molar-refractivity contribution is 7.88. The van der Waals surface area contributed by atoms with Crippen LogP contribution in [0.5, 0.6) is 0 Å². The molecule has 0 atom stereocenters. The van der Waals surface area contributed by atoms with Crippen LogP contribution in [0.1, 0.15) is 5.56 Å². The van der Waals surface area contributed by atoms with E-state index >= 15 is 0 Å². The van der Waals surface area contributed by atoms with Crippen LogP contribution in [0.25, 0.3) is 5.82 Å². The number of halogens is 2. The molecule has 0 amide bonds. The largest absolute Gasteiger partial charge is 0.268 e. The third-order valence-electron chi connectivity index (χ3n) is 3.50. The minimum absolute atomic E-state index is 0.0633. The van der Waals surface area contributed by atoms with Crippen LogP contribution in [0, 0.1) is 11.6 Å². The number of hydrogen-bond donors (Lipinski definition) is 1. The lowest BCUT2D eigenvalue weighted by molar-refractivity contribution is 0.539. The van der Waals surface area contributed by atoms with Crippen molar-refractivity contribution in [3.63, 3.8) is 0 Å². The zero-order valence-corrected chi connectivity index (χ0v) is 14.6. The lowest BCUT2D eigenvalue weighted by Gasteiger charge is -2.09. The molecule has 1 N–H and O–H groups in total. The summed E-state index contributed by atoms with van der Waals surface area (Å²) in [5, 5.41) is 7.95. The average Bonchev–Trinajstić information content (AvgIpc) is 3.14. The van der Waals surface area contributed by atoms with Gasteiger partial charge in [-0.25, -0.2) is 36.3 Å². The molecule has 3 rings (SSSR count). The number of rotatable bonds is 7. The molecule has 27 heavy (non-hydrogen) atoms. The van der Waals surface area contributed by atoms with E-state index < -0.39 is 33.0 Å². The van der Waals surface area contributed by atoms with E-state index in [2.05, 4.69) is 19.9 Å². The molecule has 0 aliphatic carbocycles. The summed E-state index contributed by atoms with van der Waals surface area (Å²) in [5.41, 5.74) is -0.722. The van der Waals surface area contributed by atoms with Gasteiger partial charge in [0, 0.05) is 18.2 Å². The first-order valence-corrected chi connectivity index (χ1v) is 9.34. The van der Waals surface area contributed by atoms with Crippen LogP contribution in [-0.4, -0.2) is 39.5 Å². The second kappa shape index (κ2) is 7.72. The Morgan fingerprint density at radius 3 is 2.70 bits per heavy atom. The molecule has 0 unspecified atom stereocenters. The van der Waals surface area contributed by atoms with Gasteiger partial charge in [-0.3, -0.25) is 4.79 Å². The predicted octanol–water partition coefficient (Wildman–Crippen LogP) is 0.222. The summed E-state index contributed by atoms with van der Waals surface area (Å²) < 4.78 is 55.5. The van der Waals surface area contributed by atoms with Crippen molar-refractivity contribution in [3.8, 4) is 5.82 Å². The van der Waals surface area contributed by atoms with Crippen LogP contribution in [0.4, 0.5) is 8.78 Å². The Balaban J connectivity index is 1.66. The van der Waals surface area contributed by atoms with Crippen molar-refractivity contribution >= 4 is 10.0 Å². The van der Waals surface area contributed by atoms with Gasteiger partial charge >= 0.3 is 0 Å². The SMILES string of the molecule is O=c1ccc(-n2cncn2)nn1CCNS(=O)(=O)Cc1cc(F)ccc1F. The Hall–Kier alpha value is -2.99. The Kier molecular flexibility index (Phi) is 5.37. The molecule has 0 radical (unpaired) electrons. The zero-order valence-electron chi connectivity index (χ0n) is 13.8. The van der Waals surface area contributed by atoms with E-state index in [1.54, 1.807) is 0 Å². The fourth-order valence-corrected chi connectivity index (χ4v) is 3.40. The predicted molar refractivity (Wildman–Crippen MR) is 90.4 cm³/mol. The number of hydrogen-bond acceptors (Lipinski definition) is 6. The van der Waals surface area contributed by atoms with E-state index in [4.69, 9.17) is 0 Å². The minimum atomic E-state index is -3.94. The highest BCUT2D eigenvalue weighted by Crippen LogP contribution is 2.12. The van der Waals surface area contributed by atoms with Crippen molar-refractivity contribution < 1.29 is 17.2 Å². The lowest BCUT2D eigenvalue weighted by Crippen LogP contribution is -2.33. The van der Waals surface area contributed by atoms with Crippen molar-refractivity contribution in [1.29, 1.82) is 0 Å². The van der Waals surface area contributed by atoms with Crippen LogP contribution in [0.2, 0.25) is 0 Å². The highest BCUT2D eigenvalue weighted by Gasteiger charge is 2.15. The van der Waals surface area contributed by atoms with Crippen molar-refractivity contribution in [2.45, 2.75) is 12.3 Å².